The highest BCUT2D eigenvalue weighted by Gasteiger charge is 2.43. The van der Waals surface area contributed by atoms with Gasteiger partial charge in [0.1, 0.15) is 18.1 Å². The van der Waals surface area contributed by atoms with Crippen LogP contribution in [0, 0.1) is 0 Å². The number of fused-ring (bicyclic) bond motifs is 2. The Kier molecular flexibility index (Phi) is 5.60. The van der Waals surface area contributed by atoms with Crippen molar-refractivity contribution in [2.24, 2.45) is 5.73 Å². The lowest BCUT2D eigenvalue weighted by molar-refractivity contribution is -0.134. The summed E-state index contributed by atoms with van der Waals surface area (Å²) in [7, 11) is 2.11. The van der Waals surface area contributed by atoms with Crippen LogP contribution in [0.5, 0.6) is 0 Å². The van der Waals surface area contributed by atoms with Crippen LogP contribution in [-0.2, 0) is 11.3 Å². The minimum atomic E-state index is 0.0205. The average molecular weight is 463 g/mol. The Morgan fingerprint density at radius 1 is 1.06 bits per heavy atom. The lowest BCUT2D eigenvalue weighted by Gasteiger charge is -2.32. The summed E-state index contributed by atoms with van der Waals surface area (Å²) in [5.41, 5.74) is 16.2. The Hall–Kier alpha value is -3.29. The Morgan fingerprint density at radius 2 is 1.73 bits per heavy atom. The Bertz CT molecular complexity index is 1200. The van der Waals surface area contributed by atoms with E-state index in [1.54, 1.807) is 4.68 Å². The predicted molar refractivity (Wildman–Crippen MR) is 132 cm³/mol. The van der Waals surface area contributed by atoms with Gasteiger partial charge in [-0.15, -0.1) is 0 Å². The van der Waals surface area contributed by atoms with Crippen molar-refractivity contribution >= 4 is 34.1 Å². The van der Waals surface area contributed by atoms with Crippen molar-refractivity contribution in [1.82, 2.24) is 19.6 Å². The number of nitrogen functional groups attached to an aromatic ring is 1. The normalized spacial score (nSPS) is 20.8. The number of hydrogen-bond acceptors (Lipinski definition) is 5. The quantitative estimate of drug-likeness (QED) is 0.607. The summed E-state index contributed by atoms with van der Waals surface area (Å²) in [6.07, 6.45) is 1.03. The second kappa shape index (κ2) is 8.57. The van der Waals surface area contributed by atoms with Crippen molar-refractivity contribution in [3.05, 3.63) is 71.8 Å². The van der Waals surface area contributed by atoms with Gasteiger partial charge in [-0.25, -0.2) is 4.68 Å². The minimum Gasteiger partial charge on any atom is -0.397 e. The van der Waals surface area contributed by atoms with E-state index in [1.165, 1.54) is 0 Å². The zero-order valence-corrected chi connectivity index (χ0v) is 19.2. The third-order valence-electron chi connectivity index (χ3n) is 6.70. The van der Waals surface area contributed by atoms with E-state index in [4.69, 9.17) is 28.2 Å². The summed E-state index contributed by atoms with van der Waals surface area (Å²) in [4.78, 5) is 17.4. The maximum absolute atomic E-state index is 13.2. The van der Waals surface area contributed by atoms with E-state index in [-0.39, 0.29) is 18.5 Å². The molecule has 2 fully saturated rings. The molecule has 7 nitrogen and oxygen atoms in total. The highest BCUT2D eigenvalue weighted by molar-refractivity contribution is 6.53. The summed E-state index contributed by atoms with van der Waals surface area (Å²) in [6, 6.07) is 19.9. The van der Waals surface area contributed by atoms with Gasteiger partial charge in [-0.1, -0.05) is 72.3 Å². The van der Waals surface area contributed by atoms with Crippen LogP contribution in [0.1, 0.15) is 17.5 Å². The van der Waals surface area contributed by atoms with E-state index >= 15 is 0 Å². The molecule has 2 atom stereocenters. The Morgan fingerprint density at radius 3 is 2.33 bits per heavy atom. The molecule has 1 amide bonds. The first-order chi connectivity index (χ1) is 15.9. The molecule has 2 unspecified atom stereocenters. The first-order valence-corrected chi connectivity index (χ1v) is 11.4. The third kappa shape index (κ3) is 3.87. The molecule has 8 heteroatoms. The second-order valence-electron chi connectivity index (χ2n) is 8.76. The van der Waals surface area contributed by atoms with Crippen LogP contribution >= 0.6 is 11.6 Å². The molecule has 3 aromatic rings. The number of carbonyl (C=O) groups excluding carboxylic acids is 1. The molecule has 33 heavy (non-hydrogen) atoms. The lowest BCUT2D eigenvalue weighted by atomic mass is 10.0. The van der Waals surface area contributed by atoms with Crippen molar-refractivity contribution in [3.8, 4) is 11.3 Å². The van der Waals surface area contributed by atoms with Gasteiger partial charge < -0.3 is 16.4 Å². The van der Waals surface area contributed by atoms with Crippen molar-refractivity contribution in [3.63, 3.8) is 0 Å². The fourth-order valence-corrected chi connectivity index (χ4v) is 5.17. The van der Waals surface area contributed by atoms with Crippen LogP contribution in [-0.4, -0.2) is 57.7 Å². The van der Waals surface area contributed by atoms with E-state index in [2.05, 4.69) is 11.9 Å². The van der Waals surface area contributed by atoms with Crippen molar-refractivity contribution in [1.29, 1.82) is 0 Å². The number of piperazine rings is 1. The standard InChI is InChI=1S/C25H27ClN6O/c1-30-13-19-12-18(30)14-31(19)20(33)15-32-25(28)21(24(29-32)17-10-6-3-7-11-17)22(26)23(27)16-8-4-2-5-9-16/h2-11,18-19H,12-15,27-28H2,1H3/b23-22+. The van der Waals surface area contributed by atoms with Gasteiger partial charge in [-0.2, -0.15) is 5.10 Å². The Balaban J connectivity index is 1.53. The fourth-order valence-electron chi connectivity index (χ4n) is 4.88. The average Bonchev–Trinajstić information content (AvgIpc) is 3.52. The van der Waals surface area contributed by atoms with E-state index in [9.17, 15) is 4.79 Å². The predicted octanol–water partition coefficient (Wildman–Crippen LogP) is 3.07. The van der Waals surface area contributed by atoms with Gasteiger partial charge >= 0.3 is 0 Å². The molecule has 2 bridgehead atoms. The molecule has 2 aliphatic rings. The first kappa shape index (κ1) is 21.6. The third-order valence-corrected chi connectivity index (χ3v) is 7.09. The van der Waals surface area contributed by atoms with E-state index in [0.717, 1.165) is 30.6 Å². The zero-order valence-electron chi connectivity index (χ0n) is 18.5. The molecule has 0 aliphatic carbocycles. The van der Waals surface area contributed by atoms with Gasteiger partial charge in [0.25, 0.3) is 0 Å². The van der Waals surface area contributed by atoms with E-state index < -0.39 is 0 Å². The molecule has 1 aromatic heterocycles. The number of likely N-dealkylation sites (tertiary alicyclic amines) is 2. The maximum Gasteiger partial charge on any atom is 0.244 e. The largest absolute Gasteiger partial charge is 0.397 e. The number of rotatable bonds is 5. The van der Waals surface area contributed by atoms with Crippen molar-refractivity contribution in [2.75, 3.05) is 25.9 Å². The molecule has 4 N–H and O–H groups in total. The Labute approximate surface area is 198 Å². The number of nitrogens with two attached hydrogens (primary N) is 2. The molecule has 2 saturated heterocycles. The smallest absolute Gasteiger partial charge is 0.244 e. The number of benzene rings is 2. The topological polar surface area (TPSA) is 93.4 Å². The summed E-state index contributed by atoms with van der Waals surface area (Å²) in [5.74, 6) is 0.347. The number of carbonyl (C=O) groups is 1. The van der Waals surface area contributed by atoms with Crippen LogP contribution in [0.2, 0.25) is 0 Å². The number of hydrogen-bond donors (Lipinski definition) is 2. The van der Waals surface area contributed by atoms with E-state index in [1.807, 2.05) is 65.6 Å². The van der Waals surface area contributed by atoms with Crippen LogP contribution in [0.4, 0.5) is 5.82 Å². The molecule has 0 radical (unpaired) electrons. The maximum atomic E-state index is 13.2. The molecule has 3 heterocycles. The molecule has 0 saturated carbocycles. The molecular formula is C25H27ClN6O. The van der Waals surface area contributed by atoms with Gasteiger partial charge in [0.05, 0.1) is 16.3 Å². The SMILES string of the molecule is CN1CC2CC1CN2C(=O)Cn1nc(-c2ccccc2)c(/C(Cl)=C(\N)c2ccccc2)c1N. The zero-order chi connectivity index (χ0) is 23.1. The fraction of sp³-hybridized carbons (Fsp3) is 0.280. The summed E-state index contributed by atoms with van der Waals surface area (Å²) >= 11 is 6.82. The molecule has 5 rings (SSSR count). The van der Waals surface area contributed by atoms with E-state index in [0.29, 0.717) is 33.8 Å². The van der Waals surface area contributed by atoms with Gasteiger partial charge in [-0.05, 0) is 19.0 Å². The lowest BCUT2D eigenvalue weighted by Crippen LogP contribution is -2.48. The van der Waals surface area contributed by atoms with Gasteiger partial charge in [0, 0.05) is 30.7 Å². The number of aromatic nitrogens is 2. The minimum absolute atomic E-state index is 0.0205. The van der Waals surface area contributed by atoms with Gasteiger partial charge in [0.2, 0.25) is 5.91 Å². The first-order valence-electron chi connectivity index (χ1n) is 11.1. The molecular weight excluding hydrogens is 436 g/mol. The summed E-state index contributed by atoms with van der Waals surface area (Å²) < 4.78 is 1.55. The van der Waals surface area contributed by atoms with Gasteiger partial charge in [-0.3, -0.25) is 9.69 Å². The van der Waals surface area contributed by atoms with Crippen molar-refractivity contribution in [2.45, 2.75) is 25.0 Å². The number of anilines is 1. The number of halogens is 1. The van der Waals surface area contributed by atoms with Crippen LogP contribution in [0.25, 0.3) is 22.0 Å². The van der Waals surface area contributed by atoms with Gasteiger partial charge in [0.15, 0.2) is 0 Å². The number of nitrogens with zero attached hydrogens (tertiary/aromatic N) is 4. The molecule has 2 aromatic carbocycles. The monoisotopic (exact) mass is 462 g/mol. The van der Waals surface area contributed by atoms with Crippen LogP contribution in [0.3, 0.4) is 0 Å². The molecule has 0 spiro atoms. The van der Waals surface area contributed by atoms with Crippen LogP contribution < -0.4 is 11.5 Å². The second-order valence-corrected chi connectivity index (χ2v) is 9.13. The van der Waals surface area contributed by atoms with Crippen LogP contribution in [0.15, 0.2) is 60.7 Å². The number of likely N-dealkylation sites (N-methyl/N-ethyl adjacent to an activating group) is 1. The molecule has 170 valence electrons. The highest BCUT2D eigenvalue weighted by Crippen LogP contribution is 2.38. The summed E-state index contributed by atoms with van der Waals surface area (Å²) in [6.45, 7) is 1.73. The summed E-state index contributed by atoms with van der Waals surface area (Å²) in [5, 5.41) is 5.04. The number of amides is 1. The highest BCUT2D eigenvalue weighted by atomic mass is 35.5. The van der Waals surface area contributed by atoms with Crippen molar-refractivity contribution < 1.29 is 4.79 Å². The molecule has 2 aliphatic heterocycles.